The number of imidazole rings is 1. The van der Waals surface area contributed by atoms with Crippen LogP contribution in [0, 0.1) is 10.1 Å². The third kappa shape index (κ3) is 2.62. The number of hydrogen-bond donors (Lipinski definition) is 1. The number of nitro groups is 1. The molecule has 0 spiro atoms. The van der Waals surface area contributed by atoms with Crippen LogP contribution in [-0.4, -0.2) is 25.7 Å². The van der Waals surface area contributed by atoms with Crippen LogP contribution >= 0.6 is 0 Å². The van der Waals surface area contributed by atoms with Crippen LogP contribution in [0.3, 0.4) is 0 Å². The standard InChI is InChI=1S/C20H16N4O4/c1-12(25)20-16(14-7-9-15(10-8-14)24(27)28)11-19-22(20)17-5-3-4-6-18(17)23(19)21-13(2)26/h3-11H,1-2H3,(H,21,26). The summed E-state index contributed by atoms with van der Waals surface area (Å²) in [5.74, 6) is -0.398. The summed E-state index contributed by atoms with van der Waals surface area (Å²) < 4.78 is 3.43. The topological polar surface area (TPSA) is 98.7 Å². The molecule has 2 aromatic heterocycles. The number of fused-ring (bicyclic) bond motifs is 3. The molecule has 1 N–H and O–H groups in total. The maximum absolute atomic E-state index is 12.5. The molecule has 0 bridgehead atoms. The Hall–Kier alpha value is -3.94. The smallest absolute Gasteiger partial charge is 0.269 e. The van der Waals surface area contributed by atoms with E-state index >= 15 is 0 Å². The number of hydrogen-bond acceptors (Lipinski definition) is 4. The van der Waals surface area contributed by atoms with Gasteiger partial charge in [-0.15, -0.1) is 0 Å². The molecule has 8 heteroatoms. The summed E-state index contributed by atoms with van der Waals surface area (Å²) in [6, 6.07) is 15.3. The van der Waals surface area contributed by atoms with Gasteiger partial charge in [-0.25, -0.2) is 4.68 Å². The Morgan fingerprint density at radius 3 is 2.21 bits per heavy atom. The van der Waals surface area contributed by atoms with Gasteiger partial charge in [0.2, 0.25) is 5.91 Å². The summed E-state index contributed by atoms with van der Waals surface area (Å²) in [5, 5.41) is 10.9. The third-order valence-corrected chi connectivity index (χ3v) is 4.57. The van der Waals surface area contributed by atoms with E-state index in [4.69, 9.17) is 0 Å². The van der Waals surface area contributed by atoms with Gasteiger partial charge in [0, 0.05) is 31.5 Å². The molecule has 0 saturated heterocycles. The molecule has 0 unspecified atom stereocenters. The molecular weight excluding hydrogens is 360 g/mol. The van der Waals surface area contributed by atoms with Crippen molar-refractivity contribution in [3.05, 3.63) is 70.4 Å². The van der Waals surface area contributed by atoms with Gasteiger partial charge in [0.1, 0.15) is 5.65 Å². The van der Waals surface area contributed by atoms with Gasteiger partial charge in [-0.1, -0.05) is 12.1 Å². The van der Waals surface area contributed by atoms with Crippen LogP contribution in [0.1, 0.15) is 24.3 Å². The molecule has 0 aliphatic heterocycles. The van der Waals surface area contributed by atoms with Crippen molar-refractivity contribution in [2.24, 2.45) is 0 Å². The van der Waals surface area contributed by atoms with Crippen molar-refractivity contribution >= 4 is 34.1 Å². The fourth-order valence-corrected chi connectivity index (χ4v) is 3.48. The van der Waals surface area contributed by atoms with Crippen LogP contribution in [0.25, 0.3) is 27.8 Å². The van der Waals surface area contributed by atoms with Crippen LogP contribution in [0.4, 0.5) is 5.69 Å². The number of rotatable bonds is 4. The number of Topliss-reactive ketones (excluding diaryl/α,β-unsaturated/α-hetero) is 1. The first-order valence-electron chi connectivity index (χ1n) is 8.56. The highest BCUT2D eigenvalue weighted by Gasteiger charge is 2.22. The summed E-state index contributed by atoms with van der Waals surface area (Å²) in [4.78, 5) is 34.7. The number of benzene rings is 2. The van der Waals surface area contributed by atoms with Gasteiger partial charge in [0.15, 0.2) is 5.78 Å². The second kappa shape index (κ2) is 6.34. The maximum Gasteiger partial charge on any atom is 0.269 e. The Balaban J connectivity index is 2.05. The molecule has 4 aromatic rings. The minimum absolute atomic E-state index is 0.0231. The van der Waals surface area contributed by atoms with Gasteiger partial charge < -0.3 is 0 Å². The fraction of sp³-hybridized carbons (Fsp3) is 0.100. The first kappa shape index (κ1) is 17.5. The Labute approximate surface area is 159 Å². The summed E-state index contributed by atoms with van der Waals surface area (Å²) >= 11 is 0. The molecule has 0 radical (unpaired) electrons. The molecular formula is C20H16N4O4. The first-order chi connectivity index (χ1) is 13.4. The van der Waals surface area contributed by atoms with Gasteiger partial charge in [0.25, 0.3) is 5.69 Å². The zero-order chi connectivity index (χ0) is 20.0. The number of non-ortho nitro benzene ring substituents is 1. The summed E-state index contributed by atoms with van der Waals surface area (Å²) in [6.07, 6.45) is 0. The summed E-state index contributed by atoms with van der Waals surface area (Å²) in [6.45, 7) is 2.89. The van der Waals surface area contributed by atoms with E-state index in [0.29, 0.717) is 22.5 Å². The lowest BCUT2D eigenvalue weighted by molar-refractivity contribution is -0.384. The molecule has 4 rings (SSSR count). The highest BCUT2D eigenvalue weighted by molar-refractivity contribution is 6.04. The van der Waals surface area contributed by atoms with Gasteiger partial charge in [-0.3, -0.25) is 29.5 Å². The van der Waals surface area contributed by atoms with Gasteiger partial charge >= 0.3 is 0 Å². The van der Waals surface area contributed by atoms with Crippen LogP contribution in [0.2, 0.25) is 0 Å². The van der Waals surface area contributed by atoms with E-state index in [1.165, 1.54) is 26.0 Å². The molecule has 0 aliphatic rings. The molecule has 8 nitrogen and oxygen atoms in total. The fourth-order valence-electron chi connectivity index (χ4n) is 3.48. The lowest BCUT2D eigenvalue weighted by Gasteiger charge is -2.05. The normalized spacial score (nSPS) is 11.1. The molecule has 0 fully saturated rings. The van der Waals surface area contributed by atoms with E-state index in [1.807, 2.05) is 24.3 Å². The molecule has 0 aliphatic carbocycles. The SMILES string of the molecule is CC(=O)Nn1c2ccccc2n2c(C(C)=O)c(-c3ccc([N+](=O)[O-])cc3)cc12. The van der Waals surface area contributed by atoms with E-state index in [-0.39, 0.29) is 17.4 Å². The van der Waals surface area contributed by atoms with Crippen LogP contribution in [0.15, 0.2) is 54.6 Å². The van der Waals surface area contributed by atoms with E-state index in [1.54, 1.807) is 27.3 Å². The highest BCUT2D eigenvalue weighted by atomic mass is 16.6. The number of nitrogens with one attached hydrogen (secondary N) is 1. The molecule has 2 aromatic carbocycles. The molecule has 28 heavy (non-hydrogen) atoms. The quantitative estimate of drug-likeness (QED) is 0.333. The first-order valence-corrected chi connectivity index (χ1v) is 8.56. The molecule has 0 saturated carbocycles. The van der Waals surface area contributed by atoms with Crippen molar-refractivity contribution in [3.63, 3.8) is 0 Å². The van der Waals surface area contributed by atoms with Crippen molar-refractivity contribution < 1.29 is 14.5 Å². The van der Waals surface area contributed by atoms with Crippen molar-refractivity contribution in [1.82, 2.24) is 9.08 Å². The highest BCUT2D eigenvalue weighted by Crippen LogP contribution is 2.33. The molecule has 2 heterocycles. The van der Waals surface area contributed by atoms with Crippen LogP contribution in [0.5, 0.6) is 0 Å². The van der Waals surface area contributed by atoms with Crippen LogP contribution < -0.4 is 5.43 Å². The van der Waals surface area contributed by atoms with Gasteiger partial charge in [-0.05, 0) is 35.9 Å². The average molecular weight is 376 g/mol. The lowest BCUT2D eigenvalue weighted by Crippen LogP contribution is -2.19. The number of nitro benzene ring substituents is 1. The van der Waals surface area contributed by atoms with Crippen LogP contribution in [-0.2, 0) is 4.79 Å². The van der Waals surface area contributed by atoms with E-state index < -0.39 is 4.92 Å². The average Bonchev–Trinajstić information content (AvgIpc) is 3.18. The lowest BCUT2D eigenvalue weighted by atomic mass is 10.0. The van der Waals surface area contributed by atoms with Crippen molar-refractivity contribution in [3.8, 4) is 11.1 Å². The monoisotopic (exact) mass is 376 g/mol. The zero-order valence-corrected chi connectivity index (χ0v) is 15.2. The minimum atomic E-state index is -0.468. The number of ketones is 1. The molecule has 0 atom stereocenters. The summed E-state index contributed by atoms with van der Waals surface area (Å²) in [7, 11) is 0. The van der Waals surface area contributed by atoms with Crippen molar-refractivity contribution in [1.29, 1.82) is 0 Å². The Bertz CT molecular complexity index is 1270. The zero-order valence-electron chi connectivity index (χ0n) is 15.2. The number of carbonyl (C=O) groups excluding carboxylic acids is 2. The Morgan fingerprint density at radius 1 is 1.00 bits per heavy atom. The Kier molecular flexibility index (Phi) is 3.96. The Morgan fingerprint density at radius 2 is 1.64 bits per heavy atom. The predicted octanol–water partition coefficient (Wildman–Crippen LogP) is 3.76. The van der Waals surface area contributed by atoms with E-state index in [0.717, 1.165) is 11.0 Å². The largest absolute Gasteiger partial charge is 0.293 e. The van der Waals surface area contributed by atoms with E-state index in [9.17, 15) is 19.7 Å². The van der Waals surface area contributed by atoms with Crippen molar-refractivity contribution in [2.45, 2.75) is 13.8 Å². The molecule has 1 amide bonds. The third-order valence-electron chi connectivity index (χ3n) is 4.57. The number of carbonyl (C=O) groups is 2. The van der Waals surface area contributed by atoms with E-state index in [2.05, 4.69) is 5.43 Å². The van der Waals surface area contributed by atoms with Gasteiger partial charge in [-0.2, -0.15) is 0 Å². The van der Waals surface area contributed by atoms with Gasteiger partial charge in [0.05, 0.1) is 21.7 Å². The summed E-state index contributed by atoms with van der Waals surface area (Å²) in [5.41, 5.74) is 6.67. The minimum Gasteiger partial charge on any atom is -0.293 e. The number of para-hydroxylation sites is 2. The second-order valence-corrected chi connectivity index (χ2v) is 6.45. The number of amides is 1. The predicted molar refractivity (Wildman–Crippen MR) is 105 cm³/mol. The van der Waals surface area contributed by atoms with Crippen molar-refractivity contribution in [2.75, 3.05) is 5.43 Å². The maximum atomic E-state index is 12.5. The number of nitrogens with zero attached hydrogens (tertiary/aromatic N) is 3. The second-order valence-electron chi connectivity index (χ2n) is 6.45. The molecule has 140 valence electrons. The number of aromatic nitrogens is 2.